The fourth-order valence-corrected chi connectivity index (χ4v) is 1.63. The highest BCUT2D eigenvalue weighted by Gasteiger charge is 2.23. The summed E-state index contributed by atoms with van der Waals surface area (Å²) >= 11 is 0. The molecule has 110 valence electrons. The van der Waals surface area contributed by atoms with Crippen molar-refractivity contribution in [2.75, 3.05) is 0 Å². The van der Waals surface area contributed by atoms with E-state index in [4.69, 9.17) is 10.2 Å². The highest BCUT2D eigenvalue weighted by atomic mass is 16.4. The largest absolute Gasteiger partial charge is 0.481 e. The molecule has 0 aliphatic rings. The molecule has 7 nitrogen and oxygen atoms in total. The first-order chi connectivity index (χ1) is 8.76. The number of carboxylic acid groups (broad SMARTS) is 2. The van der Waals surface area contributed by atoms with E-state index >= 15 is 0 Å². The molecule has 0 aromatic carbocycles. The molecule has 0 saturated carbocycles. The van der Waals surface area contributed by atoms with Gasteiger partial charge < -0.3 is 20.8 Å². The molecule has 0 radical (unpaired) electrons. The summed E-state index contributed by atoms with van der Waals surface area (Å²) in [5, 5.41) is 22.1. The van der Waals surface area contributed by atoms with Crippen molar-refractivity contribution in [3.8, 4) is 0 Å². The van der Waals surface area contributed by atoms with Crippen molar-refractivity contribution in [3.63, 3.8) is 0 Å². The molecule has 4 N–H and O–H groups in total. The number of aliphatic carboxylic acids is 2. The molecular weight excluding hydrogens is 252 g/mol. The summed E-state index contributed by atoms with van der Waals surface area (Å²) in [5.74, 6) is -2.20. The first kappa shape index (κ1) is 17.2. The third-order valence-corrected chi connectivity index (χ3v) is 2.81. The Morgan fingerprint density at radius 3 is 2.11 bits per heavy atom. The van der Waals surface area contributed by atoms with Crippen LogP contribution >= 0.6 is 0 Å². The third kappa shape index (κ3) is 8.01. The average molecular weight is 274 g/mol. The third-order valence-electron chi connectivity index (χ3n) is 2.81. The molecule has 2 amide bonds. The van der Waals surface area contributed by atoms with Crippen LogP contribution in [0.4, 0.5) is 4.79 Å². The number of hydrogen-bond acceptors (Lipinski definition) is 3. The molecule has 0 rings (SSSR count). The molecule has 0 aromatic heterocycles. The minimum atomic E-state index is -1.42. The summed E-state index contributed by atoms with van der Waals surface area (Å²) in [4.78, 5) is 32.8. The van der Waals surface area contributed by atoms with Crippen LogP contribution in [0, 0.1) is 5.92 Å². The van der Waals surface area contributed by atoms with Crippen molar-refractivity contribution in [3.05, 3.63) is 0 Å². The van der Waals surface area contributed by atoms with Crippen molar-refractivity contribution in [2.45, 2.75) is 52.1 Å². The van der Waals surface area contributed by atoms with E-state index in [1.54, 1.807) is 0 Å². The van der Waals surface area contributed by atoms with Gasteiger partial charge in [-0.3, -0.25) is 4.79 Å². The number of carbonyl (C=O) groups excluding carboxylic acids is 1. The van der Waals surface area contributed by atoms with Gasteiger partial charge in [-0.25, -0.2) is 9.59 Å². The Bertz CT molecular complexity index is 332. The van der Waals surface area contributed by atoms with Crippen LogP contribution in [-0.2, 0) is 9.59 Å². The zero-order valence-corrected chi connectivity index (χ0v) is 11.5. The van der Waals surface area contributed by atoms with Crippen LogP contribution in [0.3, 0.4) is 0 Å². The van der Waals surface area contributed by atoms with Gasteiger partial charge >= 0.3 is 18.0 Å². The zero-order valence-electron chi connectivity index (χ0n) is 11.5. The second-order valence-electron chi connectivity index (χ2n) is 4.76. The van der Waals surface area contributed by atoms with Crippen molar-refractivity contribution < 1.29 is 24.6 Å². The van der Waals surface area contributed by atoms with Gasteiger partial charge in [0.1, 0.15) is 6.04 Å². The lowest BCUT2D eigenvalue weighted by Gasteiger charge is -2.19. The van der Waals surface area contributed by atoms with Crippen molar-refractivity contribution >= 4 is 18.0 Å². The second kappa shape index (κ2) is 8.34. The minimum Gasteiger partial charge on any atom is -0.481 e. The standard InChI is InChI=1S/C12H22N2O5/c1-4-7(2)5-8(3)13-12(19)14-9(11(17)18)6-10(15)16/h7-9H,4-6H2,1-3H3,(H,15,16)(H,17,18)(H2,13,14,19). The summed E-state index contributed by atoms with van der Waals surface area (Å²) in [6, 6.07) is -2.19. The van der Waals surface area contributed by atoms with E-state index in [-0.39, 0.29) is 6.04 Å². The van der Waals surface area contributed by atoms with Gasteiger partial charge in [0.25, 0.3) is 0 Å². The summed E-state index contributed by atoms with van der Waals surface area (Å²) in [6.07, 6.45) is 1.12. The molecule has 0 aliphatic heterocycles. The second-order valence-corrected chi connectivity index (χ2v) is 4.76. The Kier molecular flexibility index (Phi) is 7.55. The van der Waals surface area contributed by atoms with Crippen LogP contribution in [0.5, 0.6) is 0 Å². The van der Waals surface area contributed by atoms with E-state index in [9.17, 15) is 14.4 Å². The summed E-state index contributed by atoms with van der Waals surface area (Å²) < 4.78 is 0. The number of carboxylic acids is 2. The van der Waals surface area contributed by atoms with Gasteiger partial charge in [-0.1, -0.05) is 20.3 Å². The van der Waals surface area contributed by atoms with Gasteiger partial charge in [0, 0.05) is 6.04 Å². The maximum Gasteiger partial charge on any atom is 0.326 e. The number of urea groups is 1. The lowest BCUT2D eigenvalue weighted by molar-refractivity contribution is -0.145. The van der Waals surface area contributed by atoms with E-state index in [0.29, 0.717) is 5.92 Å². The molecule has 0 saturated heterocycles. The van der Waals surface area contributed by atoms with Crippen molar-refractivity contribution in [1.29, 1.82) is 0 Å². The highest BCUT2D eigenvalue weighted by molar-refractivity contribution is 5.86. The van der Waals surface area contributed by atoms with Gasteiger partial charge in [-0.2, -0.15) is 0 Å². The van der Waals surface area contributed by atoms with Crippen LogP contribution in [0.2, 0.25) is 0 Å². The predicted molar refractivity (Wildman–Crippen MR) is 68.9 cm³/mol. The fourth-order valence-electron chi connectivity index (χ4n) is 1.63. The molecule has 0 bridgehead atoms. The topological polar surface area (TPSA) is 116 Å². The quantitative estimate of drug-likeness (QED) is 0.527. The van der Waals surface area contributed by atoms with Gasteiger partial charge in [0.05, 0.1) is 6.42 Å². The Labute approximate surface area is 112 Å². The molecule has 19 heavy (non-hydrogen) atoms. The Balaban J connectivity index is 4.26. The predicted octanol–water partition coefficient (Wildman–Crippen LogP) is 1.04. The molecule has 0 aromatic rings. The molecule has 7 heteroatoms. The van der Waals surface area contributed by atoms with E-state index in [1.165, 1.54) is 0 Å². The lowest BCUT2D eigenvalue weighted by Crippen LogP contribution is -2.49. The van der Waals surface area contributed by atoms with E-state index in [2.05, 4.69) is 17.6 Å². The van der Waals surface area contributed by atoms with Gasteiger partial charge in [-0.05, 0) is 19.3 Å². The smallest absolute Gasteiger partial charge is 0.326 e. The van der Waals surface area contributed by atoms with E-state index in [0.717, 1.165) is 12.8 Å². The number of carbonyl (C=O) groups is 3. The number of amides is 2. The first-order valence-corrected chi connectivity index (χ1v) is 6.27. The lowest BCUT2D eigenvalue weighted by atomic mass is 10.0. The van der Waals surface area contributed by atoms with E-state index < -0.39 is 30.4 Å². The molecule has 0 heterocycles. The Hall–Kier alpha value is -1.79. The van der Waals surface area contributed by atoms with Crippen molar-refractivity contribution in [1.82, 2.24) is 10.6 Å². The maximum atomic E-state index is 11.5. The average Bonchev–Trinajstić information content (AvgIpc) is 2.26. The SMILES string of the molecule is CCC(C)CC(C)NC(=O)NC(CC(=O)O)C(=O)O. The molecule has 3 atom stereocenters. The normalized spacial score (nSPS) is 15.1. The molecule has 0 fully saturated rings. The Morgan fingerprint density at radius 2 is 1.68 bits per heavy atom. The molecular formula is C12H22N2O5. The summed E-state index contributed by atoms with van der Waals surface area (Å²) in [6.45, 7) is 5.92. The van der Waals surface area contributed by atoms with Gasteiger partial charge in [0.15, 0.2) is 0 Å². The van der Waals surface area contributed by atoms with Crippen molar-refractivity contribution in [2.24, 2.45) is 5.92 Å². The molecule has 0 aliphatic carbocycles. The summed E-state index contributed by atoms with van der Waals surface area (Å²) in [5.41, 5.74) is 0. The van der Waals surface area contributed by atoms with Crippen LogP contribution < -0.4 is 10.6 Å². The van der Waals surface area contributed by atoms with Gasteiger partial charge in [0.2, 0.25) is 0 Å². The first-order valence-electron chi connectivity index (χ1n) is 6.27. The van der Waals surface area contributed by atoms with Crippen LogP contribution in [0.1, 0.15) is 40.0 Å². The summed E-state index contributed by atoms with van der Waals surface area (Å²) in [7, 11) is 0. The zero-order chi connectivity index (χ0) is 15.0. The van der Waals surface area contributed by atoms with Crippen LogP contribution in [0.15, 0.2) is 0 Å². The van der Waals surface area contributed by atoms with Gasteiger partial charge in [-0.15, -0.1) is 0 Å². The maximum absolute atomic E-state index is 11.5. The number of rotatable bonds is 8. The highest BCUT2D eigenvalue weighted by Crippen LogP contribution is 2.09. The Morgan fingerprint density at radius 1 is 1.11 bits per heavy atom. The number of nitrogens with one attached hydrogen (secondary N) is 2. The van der Waals surface area contributed by atoms with Crippen LogP contribution in [0.25, 0.3) is 0 Å². The van der Waals surface area contributed by atoms with E-state index in [1.807, 2.05) is 13.8 Å². The minimum absolute atomic E-state index is 0.103. The monoisotopic (exact) mass is 274 g/mol. The molecule has 0 spiro atoms. The van der Waals surface area contributed by atoms with Crippen LogP contribution in [-0.4, -0.2) is 40.3 Å². The molecule has 3 unspecified atom stereocenters. The fraction of sp³-hybridized carbons (Fsp3) is 0.750. The number of hydrogen-bond donors (Lipinski definition) is 4.